The van der Waals surface area contributed by atoms with Crippen LogP contribution < -0.4 is 5.32 Å². The molecule has 0 bridgehead atoms. The molecule has 1 aliphatic carbocycles. The van der Waals surface area contributed by atoms with E-state index in [2.05, 4.69) is 27.9 Å². The Labute approximate surface area is 138 Å². The predicted molar refractivity (Wildman–Crippen MR) is 89.0 cm³/mol. The Bertz CT molecular complexity index is 512. The molecule has 0 saturated heterocycles. The van der Waals surface area contributed by atoms with Gasteiger partial charge in [0.1, 0.15) is 6.04 Å². The fraction of sp³-hybridized carbons (Fsp3) is 0.500. The zero-order valence-corrected chi connectivity index (χ0v) is 14.0. The van der Waals surface area contributed by atoms with Gasteiger partial charge in [-0.25, -0.2) is 4.79 Å². The second kappa shape index (κ2) is 7.77. The summed E-state index contributed by atoms with van der Waals surface area (Å²) in [6, 6.07) is 6.85. The molecule has 0 radical (unpaired) electrons. The van der Waals surface area contributed by atoms with Crippen molar-refractivity contribution < 1.29 is 14.7 Å². The zero-order valence-electron chi connectivity index (χ0n) is 11.8. The molecule has 5 heteroatoms. The molecule has 0 unspecified atom stereocenters. The van der Waals surface area contributed by atoms with Crippen LogP contribution >= 0.6 is 22.6 Å². The third-order valence-corrected chi connectivity index (χ3v) is 4.59. The standard InChI is InChI=1S/C16H20INO3/c17-13-8-4-5-11(9-13)10-14(16(20)21)18-15(19)12-6-2-1-3-7-12/h4-5,8-9,12,14H,1-3,6-7,10H2,(H,18,19)(H,20,21)/t14-/m1/s1. The lowest BCUT2D eigenvalue weighted by atomic mass is 9.88. The maximum atomic E-state index is 12.2. The quantitative estimate of drug-likeness (QED) is 0.746. The summed E-state index contributed by atoms with van der Waals surface area (Å²) in [7, 11) is 0. The first-order valence-corrected chi connectivity index (χ1v) is 8.42. The molecule has 114 valence electrons. The second-order valence-corrected chi connectivity index (χ2v) is 6.81. The van der Waals surface area contributed by atoms with Gasteiger partial charge >= 0.3 is 5.97 Å². The number of hydrogen-bond donors (Lipinski definition) is 2. The van der Waals surface area contributed by atoms with Gasteiger partial charge in [-0.05, 0) is 53.1 Å². The lowest BCUT2D eigenvalue weighted by Crippen LogP contribution is -2.45. The van der Waals surface area contributed by atoms with E-state index < -0.39 is 12.0 Å². The van der Waals surface area contributed by atoms with Gasteiger partial charge in [-0.3, -0.25) is 4.79 Å². The van der Waals surface area contributed by atoms with Crippen LogP contribution in [0.5, 0.6) is 0 Å². The van der Waals surface area contributed by atoms with Crippen LogP contribution in [0.15, 0.2) is 24.3 Å². The van der Waals surface area contributed by atoms with Gasteiger partial charge < -0.3 is 10.4 Å². The molecule has 1 fully saturated rings. The molecule has 1 saturated carbocycles. The molecule has 2 N–H and O–H groups in total. The maximum Gasteiger partial charge on any atom is 0.326 e. The first kappa shape index (κ1) is 16.3. The number of carboxylic acid groups (broad SMARTS) is 1. The van der Waals surface area contributed by atoms with Gasteiger partial charge in [-0.1, -0.05) is 31.4 Å². The van der Waals surface area contributed by atoms with Gasteiger partial charge in [0.25, 0.3) is 0 Å². The highest BCUT2D eigenvalue weighted by atomic mass is 127. The Kier molecular flexibility index (Phi) is 6.02. The van der Waals surface area contributed by atoms with Gasteiger partial charge in [0, 0.05) is 15.9 Å². The van der Waals surface area contributed by atoms with Crippen LogP contribution in [-0.2, 0) is 16.0 Å². The van der Waals surface area contributed by atoms with E-state index in [9.17, 15) is 14.7 Å². The van der Waals surface area contributed by atoms with Crippen LogP contribution in [0.25, 0.3) is 0 Å². The minimum atomic E-state index is -0.974. The average Bonchev–Trinajstić information content (AvgIpc) is 2.47. The smallest absolute Gasteiger partial charge is 0.326 e. The van der Waals surface area contributed by atoms with Crippen LogP contribution in [0.3, 0.4) is 0 Å². The summed E-state index contributed by atoms with van der Waals surface area (Å²) in [5.74, 6) is -1.10. The third-order valence-electron chi connectivity index (χ3n) is 3.92. The van der Waals surface area contributed by atoms with Crippen molar-refractivity contribution >= 4 is 34.5 Å². The average molecular weight is 401 g/mol. The third kappa shape index (κ3) is 4.98. The molecule has 0 aromatic heterocycles. The lowest BCUT2D eigenvalue weighted by Gasteiger charge is -2.23. The van der Waals surface area contributed by atoms with E-state index in [1.54, 1.807) is 0 Å². The Morgan fingerprint density at radius 2 is 2.00 bits per heavy atom. The highest BCUT2D eigenvalue weighted by molar-refractivity contribution is 14.1. The van der Waals surface area contributed by atoms with Crippen LogP contribution in [0, 0.1) is 9.49 Å². The van der Waals surface area contributed by atoms with E-state index in [0.717, 1.165) is 34.8 Å². The first-order valence-electron chi connectivity index (χ1n) is 7.34. The summed E-state index contributed by atoms with van der Waals surface area (Å²) < 4.78 is 1.06. The minimum Gasteiger partial charge on any atom is -0.480 e. The molecular formula is C16H20INO3. The van der Waals surface area contributed by atoms with E-state index in [4.69, 9.17) is 0 Å². The molecule has 0 aliphatic heterocycles. The number of nitrogens with one attached hydrogen (secondary N) is 1. The van der Waals surface area contributed by atoms with Gasteiger partial charge in [-0.2, -0.15) is 0 Å². The summed E-state index contributed by atoms with van der Waals surface area (Å²) in [6.07, 6.45) is 5.38. The van der Waals surface area contributed by atoms with Crippen molar-refractivity contribution in [2.45, 2.75) is 44.6 Å². The number of amides is 1. The summed E-state index contributed by atoms with van der Waals surface area (Å²) in [6.45, 7) is 0. The summed E-state index contributed by atoms with van der Waals surface area (Å²) in [5.41, 5.74) is 0.929. The molecule has 1 aromatic rings. The highest BCUT2D eigenvalue weighted by Gasteiger charge is 2.26. The normalized spacial score (nSPS) is 17.2. The van der Waals surface area contributed by atoms with Crippen LogP contribution in [-0.4, -0.2) is 23.0 Å². The molecule has 1 aromatic carbocycles. The van der Waals surface area contributed by atoms with Crippen LogP contribution in [0.2, 0.25) is 0 Å². The van der Waals surface area contributed by atoms with Crippen molar-refractivity contribution in [1.82, 2.24) is 5.32 Å². The molecule has 0 spiro atoms. The number of rotatable bonds is 5. The number of hydrogen-bond acceptors (Lipinski definition) is 2. The summed E-state index contributed by atoms with van der Waals surface area (Å²) in [4.78, 5) is 23.6. The molecule has 1 atom stereocenters. The topological polar surface area (TPSA) is 66.4 Å². The van der Waals surface area contributed by atoms with Gasteiger partial charge in [0.15, 0.2) is 0 Å². The molecule has 0 heterocycles. The number of carbonyl (C=O) groups excluding carboxylic acids is 1. The van der Waals surface area contributed by atoms with E-state index in [1.165, 1.54) is 6.42 Å². The molecular weight excluding hydrogens is 381 g/mol. The molecule has 1 amide bonds. The number of carboxylic acids is 1. The van der Waals surface area contributed by atoms with Crippen molar-refractivity contribution in [2.24, 2.45) is 5.92 Å². The maximum absolute atomic E-state index is 12.2. The Balaban J connectivity index is 1.98. The van der Waals surface area contributed by atoms with E-state index in [1.807, 2.05) is 24.3 Å². The largest absolute Gasteiger partial charge is 0.480 e. The Morgan fingerprint density at radius 3 is 2.62 bits per heavy atom. The van der Waals surface area contributed by atoms with Gasteiger partial charge in [-0.15, -0.1) is 0 Å². The molecule has 21 heavy (non-hydrogen) atoms. The number of halogens is 1. The van der Waals surface area contributed by atoms with Crippen molar-refractivity contribution in [2.75, 3.05) is 0 Å². The van der Waals surface area contributed by atoms with Crippen molar-refractivity contribution in [1.29, 1.82) is 0 Å². The van der Waals surface area contributed by atoms with Gasteiger partial charge in [0.05, 0.1) is 0 Å². The SMILES string of the molecule is O=C(N[C@H](Cc1cccc(I)c1)C(=O)O)C1CCCCC1. The lowest BCUT2D eigenvalue weighted by molar-refractivity contribution is -0.142. The number of carbonyl (C=O) groups is 2. The second-order valence-electron chi connectivity index (χ2n) is 5.57. The predicted octanol–water partition coefficient (Wildman–Crippen LogP) is 2.98. The van der Waals surface area contributed by atoms with E-state index in [-0.39, 0.29) is 11.8 Å². The van der Waals surface area contributed by atoms with Crippen LogP contribution in [0.4, 0.5) is 0 Å². The molecule has 4 nitrogen and oxygen atoms in total. The Morgan fingerprint density at radius 1 is 1.29 bits per heavy atom. The van der Waals surface area contributed by atoms with Crippen molar-refractivity contribution in [3.8, 4) is 0 Å². The summed E-state index contributed by atoms with van der Waals surface area (Å²) >= 11 is 2.20. The summed E-state index contributed by atoms with van der Waals surface area (Å²) in [5, 5.41) is 12.0. The number of aliphatic carboxylic acids is 1. The van der Waals surface area contributed by atoms with Crippen molar-refractivity contribution in [3.05, 3.63) is 33.4 Å². The van der Waals surface area contributed by atoms with E-state index in [0.29, 0.717) is 6.42 Å². The zero-order chi connectivity index (χ0) is 15.2. The molecule has 1 aliphatic rings. The van der Waals surface area contributed by atoms with Crippen LogP contribution in [0.1, 0.15) is 37.7 Å². The Hall–Kier alpha value is -1.11. The monoisotopic (exact) mass is 401 g/mol. The first-order chi connectivity index (χ1) is 10.1. The van der Waals surface area contributed by atoms with E-state index >= 15 is 0 Å². The fourth-order valence-electron chi connectivity index (χ4n) is 2.75. The highest BCUT2D eigenvalue weighted by Crippen LogP contribution is 2.23. The van der Waals surface area contributed by atoms with Crippen molar-refractivity contribution in [3.63, 3.8) is 0 Å². The fourth-order valence-corrected chi connectivity index (χ4v) is 3.36. The van der Waals surface area contributed by atoms with Gasteiger partial charge in [0.2, 0.25) is 5.91 Å². The molecule has 2 rings (SSSR count). The number of benzene rings is 1. The minimum absolute atomic E-state index is 0.0171.